The fraction of sp³-hybridized carbons (Fsp3) is 0.300. The van der Waals surface area contributed by atoms with Crippen molar-refractivity contribution in [3.8, 4) is 0 Å². The fourth-order valence-electron chi connectivity index (χ4n) is 1.15. The van der Waals surface area contributed by atoms with Crippen molar-refractivity contribution in [2.24, 2.45) is 5.73 Å². The number of benzene rings is 1. The number of rotatable bonds is 3. The Morgan fingerprint density at radius 2 is 1.92 bits per heavy atom. The van der Waals surface area contributed by atoms with E-state index >= 15 is 0 Å². The summed E-state index contributed by atoms with van der Waals surface area (Å²) < 4.78 is 0. The van der Waals surface area contributed by atoms with Crippen LogP contribution >= 0.6 is 0 Å². The topological polar surface area (TPSA) is 51.6 Å². The zero-order valence-corrected chi connectivity index (χ0v) is 7.38. The van der Waals surface area contributed by atoms with Crippen LogP contribution in [0.2, 0.25) is 0 Å². The maximum atomic E-state index is 5.43. The van der Waals surface area contributed by atoms with Crippen LogP contribution in [0, 0.1) is 0 Å². The van der Waals surface area contributed by atoms with Crippen LogP contribution in [0.1, 0.15) is 24.5 Å². The molecule has 0 unspecified atom stereocenters. The Hall–Kier alpha value is -1.31. The molecule has 0 radical (unpaired) electrons. The highest BCUT2D eigenvalue weighted by Gasteiger charge is 1.99. The van der Waals surface area contributed by atoms with E-state index in [0.29, 0.717) is 5.84 Å². The molecule has 0 saturated heterocycles. The highest BCUT2D eigenvalue weighted by molar-refractivity contribution is 5.92. The molecular weight excluding hydrogens is 148 g/mol. The zero-order valence-electron chi connectivity index (χ0n) is 7.38. The Labute approximate surface area is 72.9 Å². The van der Waals surface area contributed by atoms with E-state index in [9.17, 15) is 0 Å². The molecule has 1 aromatic carbocycles. The van der Waals surface area contributed by atoms with E-state index in [-0.39, 0.29) is 0 Å². The van der Waals surface area contributed by atoms with Crippen molar-refractivity contribution in [1.29, 1.82) is 0 Å². The second kappa shape index (κ2) is 3.90. The molecule has 0 bridgehead atoms. The first-order valence-electron chi connectivity index (χ1n) is 4.21. The molecule has 0 aliphatic rings. The summed E-state index contributed by atoms with van der Waals surface area (Å²) in [5, 5.41) is 5.43. The molecule has 0 aromatic heterocycles. The Morgan fingerprint density at radius 1 is 1.33 bits per heavy atom. The molecule has 0 saturated carbocycles. The predicted molar refractivity (Wildman–Crippen MR) is 50.7 cm³/mol. The van der Waals surface area contributed by atoms with Crippen LogP contribution in [-0.2, 0) is 6.42 Å². The number of nitrogens with two attached hydrogens (primary N) is 2. The summed E-state index contributed by atoms with van der Waals surface area (Å²) in [5.41, 5.74) is 7.68. The molecule has 1 rings (SSSR count). The average molecular weight is 163 g/mol. The van der Waals surface area contributed by atoms with Crippen molar-refractivity contribution in [3.05, 3.63) is 35.4 Å². The van der Waals surface area contributed by atoms with Gasteiger partial charge in [-0.05, 0) is 24.1 Å². The van der Waals surface area contributed by atoms with Gasteiger partial charge in [0.05, 0.1) is 5.56 Å². The van der Waals surface area contributed by atoms with E-state index in [0.717, 1.165) is 12.0 Å². The lowest BCUT2D eigenvalue weighted by atomic mass is 10.1. The molecule has 0 aliphatic carbocycles. The first-order chi connectivity index (χ1) is 5.74. The van der Waals surface area contributed by atoms with Crippen molar-refractivity contribution < 1.29 is 5.41 Å². The molecule has 0 atom stereocenters. The monoisotopic (exact) mass is 163 g/mol. The van der Waals surface area contributed by atoms with Crippen LogP contribution in [0.15, 0.2) is 24.3 Å². The van der Waals surface area contributed by atoms with Gasteiger partial charge in [0.15, 0.2) is 0 Å². The van der Waals surface area contributed by atoms with Crippen molar-refractivity contribution in [1.82, 2.24) is 0 Å². The minimum Gasteiger partial charge on any atom is -0.287 e. The van der Waals surface area contributed by atoms with Gasteiger partial charge in [-0.1, -0.05) is 25.5 Å². The van der Waals surface area contributed by atoms with E-state index in [1.54, 1.807) is 0 Å². The van der Waals surface area contributed by atoms with Gasteiger partial charge >= 0.3 is 0 Å². The quantitative estimate of drug-likeness (QED) is 0.482. The smallest absolute Gasteiger partial charge is 0.270 e. The van der Waals surface area contributed by atoms with Gasteiger partial charge in [-0.2, -0.15) is 0 Å². The lowest BCUT2D eigenvalue weighted by molar-refractivity contribution is -0.114. The average Bonchev–Trinajstić information content (AvgIpc) is 2.06. The summed E-state index contributed by atoms with van der Waals surface area (Å²) >= 11 is 0. The normalized spacial score (nSPS) is 9.75. The van der Waals surface area contributed by atoms with Gasteiger partial charge in [-0.3, -0.25) is 11.1 Å². The molecule has 12 heavy (non-hydrogen) atoms. The molecule has 0 fully saturated rings. The van der Waals surface area contributed by atoms with Crippen LogP contribution < -0.4 is 11.1 Å². The van der Waals surface area contributed by atoms with Crippen LogP contribution in [0.5, 0.6) is 0 Å². The molecular formula is C10H15N2+. The van der Waals surface area contributed by atoms with Gasteiger partial charge in [0, 0.05) is 0 Å². The van der Waals surface area contributed by atoms with Gasteiger partial charge in [-0.25, -0.2) is 0 Å². The fourth-order valence-corrected chi connectivity index (χ4v) is 1.15. The Balaban J connectivity index is 2.78. The number of aryl methyl sites for hydroxylation is 1. The molecule has 2 nitrogen and oxygen atoms in total. The third kappa shape index (κ3) is 2.09. The van der Waals surface area contributed by atoms with Crippen LogP contribution in [0.25, 0.3) is 0 Å². The van der Waals surface area contributed by atoms with Crippen molar-refractivity contribution in [3.63, 3.8) is 0 Å². The summed E-state index contributed by atoms with van der Waals surface area (Å²) in [6.07, 6.45) is 2.28. The molecule has 1 aromatic rings. The van der Waals surface area contributed by atoms with Crippen molar-refractivity contribution >= 4 is 5.84 Å². The standard InChI is InChI=1S/C10H14N2/c1-2-3-8-4-6-9(7-5-8)10(11)12/h4-7H,2-3H2,1H3,(H3,11,12)/p+1. The molecule has 64 valence electrons. The largest absolute Gasteiger partial charge is 0.287 e. The predicted octanol–water partition coefficient (Wildman–Crippen LogP) is 0.104. The van der Waals surface area contributed by atoms with Crippen molar-refractivity contribution in [2.75, 3.05) is 0 Å². The summed E-state index contributed by atoms with van der Waals surface area (Å²) in [7, 11) is 0. The maximum absolute atomic E-state index is 5.43. The van der Waals surface area contributed by atoms with Gasteiger partial charge in [-0.15, -0.1) is 0 Å². The second-order valence-corrected chi connectivity index (χ2v) is 2.90. The lowest BCUT2D eigenvalue weighted by Crippen LogP contribution is -2.46. The van der Waals surface area contributed by atoms with E-state index in [2.05, 4.69) is 19.1 Å². The summed E-state index contributed by atoms with van der Waals surface area (Å²) in [6, 6.07) is 8.05. The first-order valence-corrected chi connectivity index (χ1v) is 4.21. The van der Waals surface area contributed by atoms with Gasteiger partial charge in [0.1, 0.15) is 0 Å². The zero-order chi connectivity index (χ0) is 8.97. The SMILES string of the molecule is CCCc1ccc(C(N)=[NH2+])cc1. The van der Waals surface area contributed by atoms with E-state index in [4.69, 9.17) is 11.1 Å². The summed E-state index contributed by atoms with van der Waals surface area (Å²) in [6.45, 7) is 2.16. The molecule has 0 aliphatic heterocycles. The molecule has 0 spiro atoms. The van der Waals surface area contributed by atoms with Crippen LogP contribution in [0.3, 0.4) is 0 Å². The van der Waals surface area contributed by atoms with Crippen LogP contribution in [0.4, 0.5) is 0 Å². The van der Waals surface area contributed by atoms with E-state index in [1.165, 1.54) is 12.0 Å². The number of hydrogen-bond acceptors (Lipinski definition) is 0. The van der Waals surface area contributed by atoms with E-state index < -0.39 is 0 Å². The van der Waals surface area contributed by atoms with Gasteiger partial charge < -0.3 is 0 Å². The minimum atomic E-state index is 0.387. The lowest BCUT2D eigenvalue weighted by Gasteiger charge is -1.98. The third-order valence-electron chi connectivity index (χ3n) is 1.83. The molecule has 4 N–H and O–H groups in total. The van der Waals surface area contributed by atoms with Gasteiger partial charge in [0.2, 0.25) is 0 Å². The highest BCUT2D eigenvalue weighted by Crippen LogP contribution is 2.05. The number of hydrogen-bond donors (Lipinski definition) is 2. The first kappa shape index (κ1) is 8.78. The van der Waals surface area contributed by atoms with Crippen molar-refractivity contribution in [2.45, 2.75) is 19.8 Å². The Morgan fingerprint density at radius 3 is 2.33 bits per heavy atom. The van der Waals surface area contributed by atoms with Crippen LogP contribution in [-0.4, -0.2) is 5.84 Å². The maximum Gasteiger partial charge on any atom is 0.270 e. The molecule has 0 amide bonds. The molecule has 2 heteroatoms. The summed E-state index contributed by atoms with van der Waals surface area (Å²) in [4.78, 5) is 0. The summed E-state index contributed by atoms with van der Waals surface area (Å²) in [5.74, 6) is 0.387. The Kier molecular flexibility index (Phi) is 2.86. The van der Waals surface area contributed by atoms with E-state index in [1.807, 2.05) is 12.1 Å². The second-order valence-electron chi connectivity index (χ2n) is 2.90. The Bertz CT molecular complexity index is 262. The number of amidine groups is 1. The molecule has 0 heterocycles. The minimum absolute atomic E-state index is 0.387. The van der Waals surface area contributed by atoms with Gasteiger partial charge in [0.25, 0.3) is 5.84 Å². The highest BCUT2D eigenvalue weighted by atomic mass is 14.7. The third-order valence-corrected chi connectivity index (χ3v) is 1.83.